The van der Waals surface area contributed by atoms with E-state index in [0.29, 0.717) is 11.5 Å². The fraction of sp³-hybridized carbons (Fsp3) is 0.167. The highest BCUT2D eigenvalue weighted by atomic mass is 79.9. The molecule has 0 aliphatic heterocycles. The molecule has 1 N–H and O–H groups in total. The average molecular weight is 402 g/mol. The molecule has 0 radical (unpaired) electrons. The number of pyridine rings is 1. The highest BCUT2D eigenvalue weighted by Crippen LogP contribution is 2.20. The minimum atomic E-state index is -0.565. The van der Waals surface area contributed by atoms with E-state index in [1.807, 2.05) is 30.3 Å². The van der Waals surface area contributed by atoms with Gasteiger partial charge in [0.1, 0.15) is 5.65 Å². The number of carbonyl (C=O) groups is 2. The van der Waals surface area contributed by atoms with Crippen LogP contribution in [-0.2, 0) is 16.0 Å². The second kappa shape index (κ2) is 7.48. The molecule has 128 valence electrons. The molecule has 0 atom stereocenters. The predicted molar refractivity (Wildman–Crippen MR) is 97.6 cm³/mol. The molecule has 0 saturated carbocycles. The highest BCUT2D eigenvalue weighted by molar-refractivity contribution is 9.10. The van der Waals surface area contributed by atoms with Crippen molar-refractivity contribution in [1.29, 1.82) is 0 Å². The summed E-state index contributed by atoms with van der Waals surface area (Å²) >= 11 is 3.36. The maximum Gasteiger partial charge on any atom is 0.360 e. The van der Waals surface area contributed by atoms with Crippen molar-refractivity contribution in [3.63, 3.8) is 0 Å². The topological polar surface area (TPSA) is 72.7 Å². The van der Waals surface area contributed by atoms with E-state index >= 15 is 0 Å². The Morgan fingerprint density at radius 1 is 1.20 bits per heavy atom. The van der Waals surface area contributed by atoms with Crippen LogP contribution in [-0.4, -0.2) is 27.9 Å². The lowest BCUT2D eigenvalue weighted by atomic mass is 10.1. The van der Waals surface area contributed by atoms with Crippen molar-refractivity contribution in [2.45, 2.75) is 13.3 Å². The third-order valence-electron chi connectivity index (χ3n) is 3.53. The number of carbonyl (C=O) groups excluding carboxylic acids is 2. The van der Waals surface area contributed by atoms with Crippen molar-refractivity contribution in [2.24, 2.45) is 0 Å². The summed E-state index contributed by atoms with van der Waals surface area (Å²) in [5.41, 5.74) is 1.52. The molecule has 2 heterocycles. The number of esters is 1. The zero-order valence-electron chi connectivity index (χ0n) is 13.5. The molecule has 7 heteroatoms. The molecule has 3 aromatic rings. The molecule has 25 heavy (non-hydrogen) atoms. The van der Waals surface area contributed by atoms with Crippen LogP contribution in [0.4, 0.5) is 5.82 Å². The summed E-state index contributed by atoms with van der Waals surface area (Å²) in [6.45, 7) is 1.96. The Balaban J connectivity index is 1.88. The van der Waals surface area contributed by atoms with Gasteiger partial charge < -0.3 is 10.1 Å². The van der Waals surface area contributed by atoms with Crippen molar-refractivity contribution in [2.75, 3.05) is 11.9 Å². The van der Waals surface area contributed by atoms with Crippen LogP contribution in [0.2, 0.25) is 0 Å². The summed E-state index contributed by atoms with van der Waals surface area (Å²) in [6.07, 6.45) is 1.93. The number of hydrogen-bond acceptors (Lipinski definition) is 4. The summed E-state index contributed by atoms with van der Waals surface area (Å²) in [4.78, 5) is 28.9. The normalized spacial score (nSPS) is 10.6. The van der Waals surface area contributed by atoms with Crippen molar-refractivity contribution in [1.82, 2.24) is 9.38 Å². The zero-order valence-corrected chi connectivity index (χ0v) is 15.1. The lowest BCUT2D eigenvalue weighted by Crippen LogP contribution is -2.18. The summed E-state index contributed by atoms with van der Waals surface area (Å²) in [7, 11) is 0. The van der Waals surface area contributed by atoms with Crippen LogP contribution in [0.25, 0.3) is 5.65 Å². The SMILES string of the molecule is CCOC(=O)c1nc2ccccn2c1NC(=O)Cc1ccc(Br)cc1. The molecule has 0 aliphatic rings. The number of nitrogens with one attached hydrogen (secondary N) is 1. The van der Waals surface area contributed by atoms with Gasteiger partial charge in [0.05, 0.1) is 13.0 Å². The molecule has 0 spiro atoms. The van der Waals surface area contributed by atoms with E-state index < -0.39 is 5.97 Å². The number of fused-ring (bicyclic) bond motifs is 1. The van der Waals surface area contributed by atoms with Crippen LogP contribution in [0.3, 0.4) is 0 Å². The van der Waals surface area contributed by atoms with Crippen molar-refractivity contribution in [3.05, 3.63) is 64.4 Å². The van der Waals surface area contributed by atoms with Gasteiger partial charge in [-0.15, -0.1) is 0 Å². The highest BCUT2D eigenvalue weighted by Gasteiger charge is 2.21. The summed E-state index contributed by atoms with van der Waals surface area (Å²) in [5, 5.41) is 2.78. The number of amides is 1. The Morgan fingerprint density at radius 2 is 1.96 bits per heavy atom. The molecule has 2 aromatic heterocycles. The fourth-order valence-corrected chi connectivity index (χ4v) is 2.69. The Bertz CT molecular complexity index is 919. The van der Waals surface area contributed by atoms with Gasteiger partial charge in [0.15, 0.2) is 11.5 Å². The third-order valence-corrected chi connectivity index (χ3v) is 4.06. The second-order valence-corrected chi connectivity index (χ2v) is 6.23. The van der Waals surface area contributed by atoms with Crippen molar-refractivity contribution in [3.8, 4) is 0 Å². The average Bonchev–Trinajstić information content (AvgIpc) is 2.96. The first-order valence-corrected chi connectivity index (χ1v) is 8.56. The van der Waals surface area contributed by atoms with E-state index in [2.05, 4.69) is 26.2 Å². The molecule has 0 bridgehead atoms. The lowest BCUT2D eigenvalue weighted by molar-refractivity contribution is -0.115. The van der Waals surface area contributed by atoms with Gasteiger partial charge in [0, 0.05) is 10.7 Å². The van der Waals surface area contributed by atoms with E-state index in [-0.39, 0.29) is 24.6 Å². The van der Waals surface area contributed by atoms with Crippen LogP contribution in [0.1, 0.15) is 23.0 Å². The fourth-order valence-electron chi connectivity index (χ4n) is 2.42. The number of nitrogens with zero attached hydrogens (tertiary/aromatic N) is 2. The van der Waals surface area contributed by atoms with Crippen LogP contribution < -0.4 is 5.32 Å². The molecule has 1 aromatic carbocycles. The molecule has 0 aliphatic carbocycles. The lowest BCUT2D eigenvalue weighted by Gasteiger charge is -2.07. The molecular formula is C18H16BrN3O3. The van der Waals surface area contributed by atoms with E-state index in [9.17, 15) is 9.59 Å². The standard InChI is InChI=1S/C18H16BrN3O3/c1-2-25-18(24)16-17(22-10-4-3-5-14(22)20-16)21-15(23)11-12-6-8-13(19)9-7-12/h3-10H,2,11H2,1H3,(H,21,23). The number of anilines is 1. The first-order valence-electron chi connectivity index (χ1n) is 7.77. The maximum atomic E-state index is 12.4. The number of hydrogen-bond donors (Lipinski definition) is 1. The van der Waals surface area contributed by atoms with Crippen molar-refractivity contribution < 1.29 is 14.3 Å². The largest absolute Gasteiger partial charge is 0.461 e. The van der Waals surface area contributed by atoms with E-state index in [4.69, 9.17) is 4.74 Å². The molecule has 6 nitrogen and oxygen atoms in total. The van der Waals surface area contributed by atoms with E-state index in [1.54, 1.807) is 29.7 Å². The Morgan fingerprint density at radius 3 is 2.68 bits per heavy atom. The minimum Gasteiger partial charge on any atom is -0.461 e. The van der Waals surface area contributed by atoms with Gasteiger partial charge >= 0.3 is 5.97 Å². The van der Waals surface area contributed by atoms with Gasteiger partial charge in [-0.3, -0.25) is 9.20 Å². The third kappa shape index (κ3) is 3.88. The molecule has 0 unspecified atom stereocenters. The predicted octanol–water partition coefficient (Wildman–Crippen LogP) is 3.45. The van der Waals surface area contributed by atoms with Crippen LogP contribution >= 0.6 is 15.9 Å². The molecule has 0 saturated heterocycles. The molecule has 1 amide bonds. The van der Waals surface area contributed by atoms with Gasteiger partial charge in [-0.2, -0.15) is 0 Å². The summed E-state index contributed by atoms with van der Waals surface area (Å²) < 4.78 is 7.65. The van der Waals surface area contributed by atoms with E-state index in [0.717, 1.165) is 10.0 Å². The number of benzene rings is 1. The number of halogens is 1. The maximum absolute atomic E-state index is 12.4. The summed E-state index contributed by atoms with van der Waals surface area (Å²) in [5.74, 6) is -0.486. The van der Waals surface area contributed by atoms with Gasteiger partial charge in [-0.25, -0.2) is 9.78 Å². The van der Waals surface area contributed by atoms with Crippen LogP contribution in [0.5, 0.6) is 0 Å². The number of rotatable bonds is 5. The van der Waals surface area contributed by atoms with Gasteiger partial charge in [-0.1, -0.05) is 34.1 Å². The van der Waals surface area contributed by atoms with E-state index in [1.165, 1.54) is 0 Å². The number of ether oxygens (including phenoxy) is 1. The summed E-state index contributed by atoms with van der Waals surface area (Å²) in [6, 6.07) is 12.8. The first kappa shape index (κ1) is 17.2. The van der Waals surface area contributed by atoms with Crippen LogP contribution in [0, 0.1) is 0 Å². The van der Waals surface area contributed by atoms with Crippen LogP contribution in [0.15, 0.2) is 53.1 Å². The molecule has 3 rings (SSSR count). The second-order valence-electron chi connectivity index (χ2n) is 5.31. The smallest absolute Gasteiger partial charge is 0.360 e. The number of aromatic nitrogens is 2. The van der Waals surface area contributed by atoms with Gasteiger partial charge in [-0.05, 0) is 36.8 Å². The molecule has 0 fully saturated rings. The Hall–Kier alpha value is -2.67. The van der Waals surface area contributed by atoms with Gasteiger partial charge in [0.2, 0.25) is 5.91 Å². The first-order chi connectivity index (χ1) is 12.1. The Labute approximate surface area is 153 Å². The van der Waals surface area contributed by atoms with Crippen molar-refractivity contribution >= 4 is 39.3 Å². The Kier molecular flexibility index (Phi) is 5.14. The molecular weight excluding hydrogens is 386 g/mol. The van der Waals surface area contributed by atoms with Gasteiger partial charge in [0.25, 0.3) is 0 Å². The quantitative estimate of drug-likeness (QED) is 0.664. The number of imidazole rings is 1. The monoisotopic (exact) mass is 401 g/mol. The minimum absolute atomic E-state index is 0.0946. The zero-order chi connectivity index (χ0) is 17.8.